The second kappa shape index (κ2) is 4.66. The Morgan fingerprint density at radius 3 is 2.67 bits per heavy atom. The molecule has 0 aliphatic carbocycles. The number of halogens is 1. The largest absolute Gasteiger partial charge is 0.309 e. The highest BCUT2D eigenvalue weighted by molar-refractivity contribution is 7.11. The van der Waals surface area contributed by atoms with Gasteiger partial charge in [-0.2, -0.15) is 0 Å². The Labute approximate surface area is 103 Å². The van der Waals surface area contributed by atoms with Crippen molar-refractivity contribution >= 4 is 34.3 Å². The Bertz CT molecular complexity index is 447. The first-order chi connectivity index (χ1) is 7.22. The fourth-order valence-electron chi connectivity index (χ4n) is 1.58. The lowest BCUT2D eigenvalue weighted by Gasteiger charge is -2.13. The Balaban J connectivity index is 2.36. The summed E-state index contributed by atoms with van der Waals surface area (Å²) in [5, 5.41) is 8.37. The molecule has 2 aromatic heterocycles. The first kappa shape index (κ1) is 11.1. The Kier molecular flexibility index (Phi) is 3.46. The van der Waals surface area contributed by atoms with E-state index < -0.39 is 0 Å². The highest BCUT2D eigenvalue weighted by Gasteiger charge is 2.17. The van der Waals surface area contributed by atoms with E-state index in [2.05, 4.69) is 23.7 Å². The molecule has 0 fully saturated rings. The first-order valence-electron chi connectivity index (χ1n) is 4.67. The minimum Gasteiger partial charge on any atom is -0.309 e. The van der Waals surface area contributed by atoms with Gasteiger partial charge in [-0.05, 0) is 42.4 Å². The highest BCUT2D eigenvalue weighted by Crippen LogP contribution is 2.34. The molecule has 0 saturated carbocycles. The molecular formula is C11H12ClNS2. The summed E-state index contributed by atoms with van der Waals surface area (Å²) in [5.41, 5.74) is 1.30. The molecule has 2 rings (SSSR count). The molecule has 15 heavy (non-hydrogen) atoms. The molecule has 1 unspecified atom stereocenters. The van der Waals surface area contributed by atoms with E-state index >= 15 is 0 Å². The second-order valence-corrected chi connectivity index (χ2v) is 5.82. The molecule has 1 nitrogen and oxygen atoms in total. The van der Waals surface area contributed by atoms with Crippen molar-refractivity contribution in [2.24, 2.45) is 0 Å². The van der Waals surface area contributed by atoms with Crippen LogP contribution in [0.15, 0.2) is 22.9 Å². The average molecular weight is 258 g/mol. The van der Waals surface area contributed by atoms with Gasteiger partial charge in [0.05, 0.1) is 11.1 Å². The van der Waals surface area contributed by atoms with Crippen LogP contribution >= 0.6 is 34.3 Å². The summed E-state index contributed by atoms with van der Waals surface area (Å²) in [5.74, 6) is 0. The number of rotatable bonds is 3. The van der Waals surface area contributed by atoms with Crippen molar-refractivity contribution in [2.45, 2.75) is 13.0 Å². The fraction of sp³-hybridized carbons (Fsp3) is 0.273. The molecule has 0 spiro atoms. The minimum absolute atomic E-state index is 0.224. The van der Waals surface area contributed by atoms with Crippen LogP contribution in [0.25, 0.3) is 0 Å². The van der Waals surface area contributed by atoms with Crippen LogP contribution in [0.2, 0.25) is 5.02 Å². The molecule has 2 heterocycles. The predicted octanol–water partition coefficient (Wildman–Crippen LogP) is 4.08. The molecule has 0 saturated heterocycles. The maximum atomic E-state index is 6.14. The van der Waals surface area contributed by atoms with Crippen LogP contribution in [-0.4, -0.2) is 7.05 Å². The lowest BCUT2D eigenvalue weighted by atomic mass is 10.1. The molecule has 2 aromatic rings. The van der Waals surface area contributed by atoms with E-state index in [9.17, 15) is 0 Å². The highest BCUT2D eigenvalue weighted by atomic mass is 35.5. The molecule has 0 aliphatic heterocycles. The quantitative estimate of drug-likeness (QED) is 0.874. The Morgan fingerprint density at radius 2 is 2.20 bits per heavy atom. The van der Waals surface area contributed by atoms with E-state index in [0.717, 1.165) is 5.02 Å². The summed E-state index contributed by atoms with van der Waals surface area (Å²) < 4.78 is 0. The van der Waals surface area contributed by atoms with E-state index in [1.807, 2.05) is 18.5 Å². The van der Waals surface area contributed by atoms with E-state index in [0.29, 0.717) is 0 Å². The third-order valence-corrected chi connectivity index (χ3v) is 4.58. The van der Waals surface area contributed by atoms with Crippen molar-refractivity contribution in [3.63, 3.8) is 0 Å². The van der Waals surface area contributed by atoms with Crippen molar-refractivity contribution in [3.05, 3.63) is 43.2 Å². The van der Waals surface area contributed by atoms with Gasteiger partial charge in [-0.15, -0.1) is 22.7 Å². The SMILES string of the molecule is CNC(c1csc(C)c1)c1sccc1Cl. The molecule has 0 bridgehead atoms. The van der Waals surface area contributed by atoms with Gasteiger partial charge >= 0.3 is 0 Å². The average Bonchev–Trinajstić information content (AvgIpc) is 2.79. The van der Waals surface area contributed by atoms with Gasteiger partial charge in [-0.25, -0.2) is 0 Å². The number of hydrogen-bond donors (Lipinski definition) is 1. The summed E-state index contributed by atoms with van der Waals surface area (Å²) in [6.45, 7) is 2.12. The van der Waals surface area contributed by atoms with Crippen LogP contribution < -0.4 is 5.32 Å². The number of thiophene rings is 2. The van der Waals surface area contributed by atoms with Gasteiger partial charge in [0.2, 0.25) is 0 Å². The molecular weight excluding hydrogens is 246 g/mol. The van der Waals surface area contributed by atoms with E-state index in [1.165, 1.54) is 15.3 Å². The molecule has 0 aromatic carbocycles. The van der Waals surface area contributed by atoms with Crippen molar-refractivity contribution in [3.8, 4) is 0 Å². The van der Waals surface area contributed by atoms with Gasteiger partial charge in [0, 0.05) is 9.75 Å². The van der Waals surface area contributed by atoms with E-state index in [-0.39, 0.29) is 6.04 Å². The third-order valence-electron chi connectivity index (χ3n) is 2.28. The summed E-state index contributed by atoms with van der Waals surface area (Å²) in [7, 11) is 1.97. The van der Waals surface area contributed by atoms with Crippen molar-refractivity contribution < 1.29 is 0 Å². The second-order valence-electron chi connectivity index (χ2n) is 3.35. The zero-order chi connectivity index (χ0) is 10.8. The van der Waals surface area contributed by atoms with Gasteiger partial charge in [0.15, 0.2) is 0 Å². The van der Waals surface area contributed by atoms with Gasteiger partial charge in [0.25, 0.3) is 0 Å². The van der Waals surface area contributed by atoms with Gasteiger partial charge in [-0.1, -0.05) is 11.6 Å². The minimum atomic E-state index is 0.224. The zero-order valence-corrected chi connectivity index (χ0v) is 11.0. The van der Waals surface area contributed by atoms with Crippen LogP contribution in [0.5, 0.6) is 0 Å². The molecule has 4 heteroatoms. The van der Waals surface area contributed by atoms with Crippen LogP contribution in [0.1, 0.15) is 21.4 Å². The molecule has 0 radical (unpaired) electrons. The van der Waals surface area contributed by atoms with Crippen molar-refractivity contribution in [1.82, 2.24) is 5.32 Å². The van der Waals surface area contributed by atoms with Crippen LogP contribution in [0.3, 0.4) is 0 Å². The molecule has 80 valence electrons. The van der Waals surface area contributed by atoms with Crippen LogP contribution in [0, 0.1) is 6.92 Å². The van der Waals surface area contributed by atoms with Crippen LogP contribution in [-0.2, 0) is 0 Å². The molecule has 1 atom stereocenters. The van der Waals surface area contributed by atoms with Crippen molar-refractivity contribution in [1.29, 1.82) is 0 Å². The standard InChI is InChI=1S/C11H12ClNS2/c1-7-5-8(6-15-7)10(13-2)11-9(12)3-4-14-11/h3-6,10,13H,1-2H3. The Hall–Kier alpha value is -0.350. The lowest BCUT2D eigenvalue weighted by Crippen LogP contribution is -2.15. The number of aryl methyl sites for hydroxylation is 1. The smallest absolute Gasteiger partial charge is 0.0691 e. The summed E-state index contributed by atoms with van der Waals surface area (Å²) in [6.07, 6.45) is 0. The van der Waals surface area contributed by atoms with Gasteiger partial charge in [0.1, 0.15) is 0 Å². The van der Waals surface area contributed by atoms with E-state index in [1.54, 1.807) is 22.7 Å². The normalized spacial score (nSPS) is 13.0. The molecule has 1 N–H and O–H groups in total. The van der Waals surface area contributed by atoms with E-state index in [4.69, 9.17) is 11.6 Å². The van der Waals surface area contributed by atoms with Gasteiger partial charge < -0.3 is 5.32 Å². The molecule has 0 amide bonds. The maximum absolute atomic E-state index is 6.14. The predicted molar refractivity (Wildman–Crippen MR) is 69.3 cm³/mol. The van der Waals surface area contributed by atoms with Gasteiger partial charge in [-0.3, -0.25) is 0 Å². The Morgan fingerprint density at radius 1 is 1.40 bits per heavy atom. The zero-order valence-electron chi connectivity index (χ0n) is 8.58. The summed E-state index contributed by atoms with van der Waals surface area (Å²) >= 11 is 9.61. The maximum Gasteiger partial charge on any atom is 0.0691 e. The monoisotopic (exact) mass is 257 g/mol. The third kappa shape index (κ3) is 2.26. The first-order valence-corrected chi connectivity index (χ1v) is 6.81. The van der Waals surface area contributed by atoms with Crippen LogP contribution in [0.4, 0.5) is 0 Å². The molecule has 0 aliphatic rings. The lowest BCUT2D eigenvalue weighted by molar-refractivity contribution is 0.706. The summed E-state index contributed by atoms with van der Waals surface area (Å²) in [6, 6.07) is 4.38. The fourth-order valence-corrected chi connectivity index (χ4v) is 3.61. The summed E-state index contributed by atoms with van der Waals surface area (Å²) in [4.78, 5) is 2.52. The van der Waals surface area contributed by atoms with Crippen molar-refractivity contribution in [2.75, 3.05) is 7.05 Å². The number of nitrogens with one attached hydrogen (secondary N) is 1. The number of hydrogen-bond acceptors (Lipinski definition) is 3. The topological polar surface area (TPSA) is 12.0 Å².